The van der Waals surface area contributed by atoms with Crippen molar-refractivity contribution in [3.8, 4) is 5.75 Å². The molecular weight excluding hydrogens is 244 g/mol. The number of nitrogens with two attached hydrogens (primary N) is 1. The van der Waals surface area contributed by atoms with Crippen molar-refractivity contribution in [1.29, 1.82) is 0 Å². The van der Waals surface area contributed by atoms with Crippen LogP contribution >= 0.6 is 0 Å². The molecule has 0 radical (unpaired) electrons. The minimum Gasteiger partial charge on any atom is -0.434 e. The molecule has 1 aromatic carbocycles. The molecule has 18 heavy (non-hydrogen) atoms. The van der Waals surface area contributed by atoms with Crippen molar-refractivity contribution in [3.63, 3.8) is 0 Å². The van der Waals surface area contributed by atoms with Crippen molar-refractivity contribution in [3.05, 3.63) is 29.8 Å². The zero-order chi connectivity index (χ0) is 13.2. The lowest BCUT2D eigenvalue weighted by molar-refractivity contribution is -0.163. The number of benzene rings is 1. The molecule has 2 rings (SSSR count). The van der Waals surface area contributed by atoms with Gasteiger partial charge in [0.25, 0.3) is 0 Å². The fourth-order valence-electron chi connectivity index (χ4n) is 1.94. The summed E-state index contributed by atoms with van der Waals surface area (Å²) in [5, 5.41) is 0. The van der Waals surface area contributed by atoms with Gasteiger partial charge in [-0.1, -0.05) is 12.1 Å². The highest BCUT2D eigenvalue weighted by atomic mass is 19.3. The van der Waals surface area contributed by atoms with Crippen LogP contribution in [0.3, 0.4) is 0 Å². The highest BCUT2D eigenvalue weighted by Crippen LogP contribution is 2.38. The number of para-hydroxylation sites is 1. The highest BCUT2D eigenvalue weighted by Gasteiger charge is 2.40. The van der Waals surface area contributed by atoms with Crippen LogP contribution < -0.4 is 10.5 Å². The zero-order valence-corrected chi connectivity index (χ0v) is 9.94. The van der Waals surface area contributed by atoms with Crippen LogP contribution in [0.5, 0.6) is 5.75 Å². The molecule has 1 heterocycles. The van der Waals surface area contributed by atoms with Crippen LogP contribution in [0.1, 0.15) is 12.5 Å². The maximum Gasteiger partial charge on any atom is 0.387 e. The van der Waals surface area contributed by atoms with Gasteiger partial charge in [0.2, 0.25) is 0 Å². The van der Waals surface area contributed by atoms with Gasteiger partial charge >= 0.3 is 6.61 Å². The molecule has 2 atom stereocenters. The van der Waals surface area contributed by atoms with Crippen molar-refractivity contribution in [2.75, 3.05) is 13.2 Å². The van der Waals surface area contributed by atoms with Crippen molar-refractivity contribution in [2.24, 2.45) is 5.73 Å². The first-order valence-corrected chi connectivity index (χ1v) is 5.61. The maximum absolute atomic E-state index is 12.3. The van der Waals surface area contributed by atoms with E-state index in [-0.39, 0.29) is 11.9 Å². The highest BCUT2D eigenvalue weighted by molar-refractivity contribution is 5.37. The monoisotopic (exact) mass is 259 g/mol. The first-order chi connectivity index (χ1) is 8.55. The summed E-state index contributed by atoms with van der Waals surface area (Å²) in [6, 6.07) is 6.41. The SMILES string of the molecule is CC1(c2ccccc2OC(F)F)OCC(CN)O1. The van der Waals surface area contributed by atoms with Gasteiger partial charge in [-0.2, -0.15) is 8.78 Å². The molecule has 1 saturated heterocycles. The zero-order valence-electron chi connectivity index (χ0n) is 9.94. The lowest BCUT2D eigenvalue weighted by Crippen LogP contribution is -2.28. The molecule has 0 bridgehead atoms. The number of alkyl halides is 2. The summed E-state index contributed by atoms with van der Waals surface area (Å²) < 4.78 is 40.3. The summed E-state index contributed by atoms with van der Waals surface area (Å²) in [6.07, 6.45) is -0.241. The van der Waals surface area contributed by atoms with Crippen molar-refractivity contribution >= 4 is 0 Å². The van der Waals surface area contributed by atoms with Gasteiger partial charge in [-0.3, -0.25) is 0 Å². The largest absolute Gasteiger partial charge is 0.434 e. The molecule has 6 heteroatoms. The van der Waals surface area contributed by atoms with E-state index in [1.165, 1.54) is 6.07 Å². The van der Waals surface area contributed by atoms with Crippen LogP contribution in [0, 0.1) is 0 Å². The Hall–Kier alpha value is -1.24. The number of ether oxygens (including phenoxy) is 3. The van der Waals surface area contributed by atoms with E-state index in [2.05, 4.69) is 4.74 Å². The van der Waals surface area contributed by atoms with E-state index in [1.54, 1.807) is 25.1 Å². The fourth-order valence-corrected chi connectivity index (χ4v) is 1.94. The van der Waals surface area contributed by atoms with E-state index in [0.717, 1.165) is 0 Å². The Kier molecular flexibility index (Phi) is 3.79. The lowest BCUT2D eigenvalue weighted by Gasteiger charge is -2.25. The van der Waals surface area contributed by atoms with E-state index in [0.29, 0.717) is 18.7 Å². The second-order valence-corrected chi connectivity index (χ2v) is 4.11. The van der Waals surface area contributed by atoms with Gasteiger partial charge in [-0.05, 0) is 19.1 Å². The molecule has 1 aromatic rings. The van der Waals surface area contributed by atoms with Crippen molar-refractivity contribution in [1.82, 2.24) is 0 Å². The van der Waals surface area contributed by atoms with Crippen LogP contribution in [0.2, 0.25) is 0 Å². The molecule has 1 aliphatic rings. The summed E-state index contributed by atoms with van der Waals surface area (Å²) in [5.74, 6) is -1.05. The van der Waals surface area contributed by atoms with Gasteiger partial charge in [-0.25, -0.2) is 0 Å². The standard InChI is InChI=1S/C12H15F2NO3/c1-12(16-7-8(6-15)18-12)9-4-2-3-5-10(9)17-11(13)14/h2-5,8,11H,6-7,15H2,1H3. The molecule has 1 aliphatic heterocycles. The molecule has 1 fully saturated rings. The van der Waals surface area contributed by atoms with E-state index >= 15 is 0 Å². The Labute approximate surface area is 104 Å². The second kappa shape index (κ2) is 5.17. The Morgan fingerprint density at radius 2 is 2.22 bits per heavy atom. The van der Waals surface area contributed by atoms with E-state index in [9.17, 15) is 8.78 Å². The topological polar surface area (TPSA) is 53.7 Å². The van der Waals surface area contributed by atoms with Crippen LogP contribution in [-0.4, -0.2) is 25.9 Å². The second-order valence-electron chi connectivity index (χ2n) is 4.11. The Morgan fingerprint density at radius 3 is 2.83 bits per heavy atom. The van der Waals surface area contributed by atoms with Crippen LogP contribution in [0.4, 0.5) is 8.78 Å². The smallest absolute Gasteiger partial charge is 0.387 e. The molecule has 0 spiro atoms. The molecule has 0 aliphatic carbocycles. The predicted molar refractivity (Wildman–Crippen MR) is 60.3 cm³/mol. The molecular formula is C12H15F2NO3. The Bertz CT molecular complexity index is 416. The lowest BCUT2D eigenvalue weighted by atomic mass is 10.1. The quantitative estimate of drug-likeness (QED) is 0.896. The summed E-state index contributed by atoms with van der Waals surface area (Å²) in [7, 11) is 0. The summed E-state index contributed by atoms with van der Waals surface area (Å²) >= 11 is 0. The average molecular weight is 259 g/mol. The number of hydrogen-bond donors (Lipinski definition) is 1. The minimum atomic E-state index is -2.89. The van der Waals surface area contributed by atoms with E-state index in [1.807, 2.05) is 0 Å². The molecule has 4 nitrogen and oxygen atoms in total. The minimum absolute atomic E-state index is 0.0488. The fraction of sp³-hybridized carbons (Fsp3) is 0.500. The third kappa shape index (κ3) is 2.60. The third-order valence-corrected chi connectivity index (χ3v) is 2.79. The Morgan fingerprint density at radius 1 is 1.50 bits per heavy atom. The molecule has 100 valence electrons. The van der Waals surface area contributed by atoms with Gasteiger partial charge in [0, 0.05) is 6.54 Å². The average Bonchev–Trinajstić information content (AvgIpc) is 2.72. The molecule has 0 aromatic heterocycles. The molecule has 0 saturated carbocycles. The number of hydrogen-bond acceptors (Lipinski definition) is 4. The molecule has 0 amide bonds. The molecule has 2 N–H and O–H groups in total. The van der Waals surface area contributed by atoms with Gasteiger partial charge in [0.1, 0.15) is 5.75 Å². The first-order valence-electron chi connectivity index (χ1n) is 5.61. The number of halogens is 2. The normalized spacial score (nSPS) is 27.7. The summed E-state index contributed by atoms with van der Waals surface area (Å²) in [5.41, 5.74) is 5.93. The van der Waals surface area contributed by atoms with E-state index < -0.39 is 12.4 Å². The van der Waals surface area contributed by atoms with Crippen LogP contribution in [-0.2, 0) is 15.3 Å². The van der Waals surface area contributed by atoms with Gasteiger partial charge in [0.05, 0.1) is 18.3 Å². The van der Waals surface area contributed by atoms with Crippen molar-refractivity contribution in [2.45, 2.75) is 25.4 Å². The summed E-state index contributed by atoms with van der Waals surface area (Å²) in [6.45, 7) is -0.582. The molecule has 2 unspecified atom stereocenters. The van der Waals surface area contributed by atoms with Crippen LogP contribution in [0.15, 0.2) is 24.3 Å². The third-order valence-electron chi connectivity index (χ3n) is 2.79. The maximum atomic E-state index is 12.3. The predicted octanol–water partition coefficient (Wildman–Crippen LogP) is 1.83. The van der Waals surface area contributed by atoms with E-state index in [4.69, 9.17) is 15.2 Å². The summed E-state index contributed by atoms with van der Waals surface area (Å²) in [4.78, 5) is 0. The number of rotatable bonds is 4. The Balaban J connectivity index is 2.27. The first kappa shape index (κ1) is 13.2. The van der Waals surface area contributed by atoms with Crippen LogP contribution in [0.25, 0.3) is 0 Å². The van der Waals surface area contributed by atoms with Gasteiger partial charge in [-0.15, -0.1) is 0 Å². The van der Waals surface area contributed by atoms with Gasteiger partial charge in [0.15, 0.2) is 5.79 Å². The van der Waals surface area contributed by atoms with Gasteiger partial charge < -0.3 is 19.9 Å². The van der Waals surface area contributed by atoms with Crippen molar-refractivity contribution < 1.29 is 23.0 Å².